The molecule has 0 aliphatic carbocycles. The van der Waals surface area contributed by atoms with Crippen LogP contribution in [0.3, 0.4) is 0 Å². The van der Waals surface area contributed by atoms with E-state index < -0.39 is 65.9 Å². The van der Waals surface area contributed by atoms with Crippen LogP contribution in [0.5, 0.6) is 0 Å². The molecule has 278 valence electrons. The molecule has 0 heterocycles. The molecular formula is C30H84Br2N4Si8Sn2. The second kappa shape index (κ2) is 27.7. The Hall–Kier alpha value is 4.13. The Kier molecular flexibility index (Phi) is 35.7. The van der Waals surface area contributed by atoms with E-state index in [1.165, 1.54) is 34.6 Å². The zero-order chi connectivity index (χ0) is 38.5. The molecule has 0 atom stereocenters. The third-order valence-corrected chi connectivity index (χ3v) is 33.9. The van der Waals surface area contributed by atoms with E-state index in [0.717, 1.165) is 0 Å². The van der Waals surface area contributed by atoms with Crippen molar-refractivity contribution in [1.82, 2.24) is 0 Å². The minimum absolute atomic E-state index is 0.0343. The first-order chi connectivity index (χ1) is 19.7. The van der Waals surface area contributed by atoms with Gasteiger partial charge in [0.1, 0.15) is 0 Å². The Morgan fingerprint density at radius 3 is 0.478 bits per heavy atom. The van der Waals surface area contributed by atoms with Crippen molar-refractivity contribution in [1.29, 1.82) is 0 Å². The van der Waals surface area contributed by atoms with Crippen molar-refractivity contribution in [2.24, 2.45) is 0 Å². The molecule has 0 bridgehead atoms. The average Bonchev–Trinajstić information content (AvgIpc) is 2.61. The van der Waals surface area contributed by atoms with Gasteiger partial charge in [-0.2, -0.15) is 0 Å². The summed E-state index contributed by atoms with van der Waals surface area (Å²) in [4.78, 5) is 0. The van der Waals surface area contributed by atoms with Crippen LogP contribution in [0.25, 0.3) is 18.6 Å². The van der Waals surface area contributed by atoms with Crippen LogP contribution in [0.4, 0.5) is 0 Å². The van der Waals surface area contributed by atoms with Crippen LogP contribution < -0.4 is 0 Å². The molecule has 16 heteroatoms. The first-order valence-corrected chi connectivity index (χ1v) is 61.8. The number of nitrogens with zero attached hydrogens (tertiary/aromatic N) is 4. The number of halogens is 2. The Balaban J connectivity index is -0.000000152. The maximum absolute atomic E-state index is 4.82. The average molecular weight is 1120 g/mol. The van der Waals surface area contributed by atoms with Crippen LogP contribution in [-0.4, -0.2) is 104 Å². The third kappa shape index (κ3) is 86.6. The molecule has 0 saturated carbocycles. The summed E-state index contributed by atoms with van der Waals surface area (Å²) in [5.41, 5.74) is 0. The van der Waals surface area contributed by atoms with E-state index in [2.05, 4.69) is 183 Å². The molecule has 0 radical (unpaired) electrons. The molecule has 0 amide bonds. The van der Waals surface area contributed by atoms with Gasteiger partial charge in [0.05, 0.1) is 0 Å². The summed E-state index contributed by atoms with van der Waals surface area (Å²) >= 11 is 7.14. The fourth-order valence-corrected chi connectivity index (χ4v) is 42.9. The van der Waals surface area contributed by atoms with Gasteiger partial charge in [-0.3, -0.25) is 0 Å². The van der Waals surface area contributed by atoms with Gasteiger partial charge in [-0.1, -0.05) is 223 Å². The second-order valence-electron chi connectivity index (χ2n) is 20.0. The third-order valence-electron chi connectivity index (χ3n) is 3.98. The van der Waals surface area contributed by atoms with Crippen molar-refractivity contribution in [3.8, 4) is 0 Å². The molecule has 0 aromatic heterocycles. The molecule has 0 rings (SSSR count). The SMILES string of the molecule is C[Si](C)(C)[N-][Si](C)(C)C.C[Si](C)(C)[N-][Si](C)(C)C.C[Si](C)(C)[N-][Si](C)(C)C.C[Si](C)(C)[N-][Si](C)(C)C.[Br][Sn+2][CH2]CCCC[CH2][Sn+2][Br]. The fourth-order valence-electron chi connectivity index (χ4n) is 4.76. The van der Waals surface area contributed by atoms with Crippen LogP contribution in [0.1, 0.15) is 25.7 Å². The molecule has 4 nitrogen and oxygen atoms in total. The van der Waals surface area contributed by atoms with Gasteiger partial charge in [-0.15, -0.1) is 0 Å². The van der Waals surface area contributed by atoms with Crippen LogP contribution >= 0.6 is 25.4 Å². The van der Waals surface area contributed by atoms with E-state index >= 15 is 0 Å². The summed E-state index contributed by atoms with van der Waals surface area (Å²) in [6, 6.07) is 0. The van der Waals surface area contributed by atoms with E-state index in [1.807, 2.05) is 0 Å². The summed E-state index contributed by atoms with van der Waals surface area (Å²) in [6.45, 7) is 55.1. The molecule has 0 aliphatic heterocycles. The van der Waals surface area contributed by atoms with E-state index in [9.17, 15) is 0 Å². The minimum atomic E-state index is -1.11. The second-order valence-corrected chi connectivity index (χ2v) is 70.2. The predicted molar refractivity (Wildman–Crippen MR) is 258 cm³/mol. The summed E-state index contributed by atoms with van der Waals surface area (Å²) < 4.78 is 22.3. The monoisotopic (exact) mass is 1120 g/mol. The standard InChI is InChI=1S/4C6H18NSi2.C6H12.2BrH.2Sn/c4*1-8(2,3)7-9(4,5)6;1-3-5-6-4-2;;;;/h4*1-6H3;1-6H2;2*1H;;/q4*-1;;;;2*+3/p-2. The van der Waals surface area contributed by atoms with E-state index in [4.69, 9.17) is 18.6 Å². The zero-order valence-electron chi connectivity index (χ0n) is 35.8. The summed E-state index contributed by atoms with van der Waals surface area (Å²) in [6.07, 6.45) is 5.95. The molecule has 0 fully saturated rings. The van der Waals surface area contributed by atoms with Gasteiger partial charge in [0.15, 0.2) is 0 Å². The first-order valence-electron chi connectivity index (χ1n) is 17.4. The van der Waals surface area contributed by atoms with Crippen LogP contribution in [0.15, 0.2) is 0 Å². The molecule has 0 N–H and O–H groups in total. The molecule has 0 saturated heterocycles. The van der Waals surface area contributed by atoms with Crippen molar-refractivity contribution in [3.05, 3.63) is 18.6 Å². The Morgan fingerprint density at radius 2 is 0.413 bits per heavy atom. The molecular weight excluding hydrogens is 1040 g/mol. The normalized spacial score (nSPS) is 12.8. The fraction of sp³-hybridized carbons (Fsp3) is 1.00. The molecule has 0 aromatic carbocycles. The quantitative estimate of drug-likeness (QED) is 0.116. The number of hydrogen-bond donors (Lipinski definition) is 0. The van der Waals surface area contributed by atoms with Crippen molar-refractivity contribution in [2.75, 3.05) is 0 Å². The summed E-state index contributed by atoms with van der Waals surface area (Å²) in [5, 5.41) is 0. The van der Waals surface area contributed by atoms with E-state index in [-0.39, 0.29) is 37.8 Å². The molecule has 0 aromatic rings. The van der Waals surface area contributed by atoms with Gasteiger partial charge in [0.25, 0.3) is 0 Å². The number of hydrogen-bond acceptors (Lipinski definition) is 0. The topological polar surface area (TPSA) is 56.4 Å². The summed E-state index contributed by atoms with van der Waals surface area (Å²) in [5.74, 6) is 0. The van der Waals surface area contributed by atoms with Crippen LogP contribution in [-0.2, 0) is 0 Å². The van der Waals surface area contributed by atoms with Gasteiger partial charge in [-0.25, -0.2) is 0 Å². The number of rotatable bonds is 15. The predicted octanol–water partition coefficient (Wildman–Crippen LogP) is 15.5. The van der Waals surface area contributed by atoms with Crippen molar-refractivity contribution in [3.63, 3.8) is 0 Å². The zero-order valence-corrected chi connectivity index (χ0v) is 52.7. The molecule has 0 aliphatic rings. The van der Waals surface area contributed by atoms with Gasteiger partial charge in [0.2, 0.25) is 0 Å². The van der Waals surface area contributed by atoms with Gasteiger partial charge < -0.3 is 18.6 Å². The van der Waals surface area contributed by atoms with Crippen LogP contribution in [0, 0.1) is 0 Å². The van der Waals surface area contributed by atoms with Crippen molar-refractivity contribution < 1.29 is 0 Å². The maximum atomic E-state index is 4.82. The van der Waals surface area contributed by atoms with E-state index in [1.54, 1.807) is 0 Å². The molecule has 0 unspecified atom stereocenters. The first kappa shape index (κ1) is 59.4. The Labute approximate surface area is 335 Å². The van der Waals surface area contributed by atoms with Crippen LogP contribution in [0.2, 0.25) is 166 Å². The van der Waals surface area contributed by atoms with E-state index in [0.29, 0.717) is 0 Å². The molecule has 46 heavy (non-hydrogen) atoms. The number of unbranched alkanes of at least 4 members (excludes halogenated alkanes) is 3. The summed E-state index contributed by atoms with van der Waals surface area (Å²) in [7, 11) is -8.85. The van der Waals surface area contributed by atoms with Gasteiger partial charge >= 0.3 is 97.8 Å². The Morgan fingerprint density at radius 1 is 0.283 bits per heavy atom. The van der Waals surface area contributed by atoms with Crippen molar-refractivity contribution in [2.45, 2.75) is 192 Å². The Bertz CT molecular complexity index is 544. The van der Waals surface area contributed by atoms with Gasteiger partial charge in [0, 0.05) is 0 Å². The molecule has 0 spiro atoms. The van der Waals surface area contributed by atoms with Gasteiger partial charge in [-0.05, 0) is 0 Å². The van der Waals surface area contributed by atoms with Crippen molar-refractivity contribution >= 4 is 129 Å².